The quantitative estimate of drug-likeness (QED) is 0.459. The number of amides is 1. The number of nitrogens with one attached hydrogen (secondary N) is 1. The van der Waals surface area contributed by atoms with Gasteiger partial charge in [0.05, 0.1) is 24.9 Å². The zero-order chi connectivity index (χ0) is 22.0. The van der Waals surface area contributed by atoms with E-state index in [2.05, 4.69) is 43.9 Å². The fourth-order valence-electron chi connectivity index (χ4n) is 3.65. The number of ether oxygens (including phenoxy) is 2. The van der Waals surface area contributed by atoms with Gasteiger partial charge in [-0.2, -0.15) is 0 Å². The summed E-state index contributed by atoms with van der Waals surface area (Å²) in [5.74, 6) is 1.08. The van der Waals surface area contributed by atoms with Crippen LogP contribution in [0.25, 0.3) is 10.9 Å². The van der Waals surface area contributed by atoms with Gasteiger partial charge < -0.3 is 19.4 Å². The number of hydrogen-bond acceptors (Lipinski definition) is 3. The second kappa shape index (κ2) is 8.84. The van der Waals surface area contributed by atoms with E-state index in [1.165, 1.54) is 19.8 Å². The Kier molecular flexibility index (Phi) is 6.42. The minimum absolute atomic E-state index is 0.237. The van der Waals surface area contributed by atoms with Crippen molar-refractivity contribution in [3.63, 3.8) is 0 Å². The van der Waals surface area contributed by atoms with Crippen LogP contribution < -0.4 is 14.8 Å². The number of allylic oxidation sites excluding steroid dienone is 1. The lowest BCUT2D eigenvalue weighted by Gasteiger charge is -2.14. The molecule has 6 heteroatoms. The summed E-state index contributed by atoms with van der Waals surface area (Å²) in [4.78, 5) is 13.4. The molecule has 0 saturated heterocycles. The average Bonchev–Trinajstić information content (AvgIpc) is 3.00. The zero-order valence-corrected chi connectivity index (χ0v) is 18.8. The van der Waals surface area contributed by atoms with Crippen molar-refractivity contribution in [2.75, 3.05) is 19.5 Å². The highest BCUT2D eigenvalue weighted by Crippen LogP contribution is 2.37. The summed E-state index contributed by atoms with van der Waals surface area (Å²) in [6.45, 7) is 10.7. The summed E-state index contributed by atoms with van der Waals surface area (Å²) < 4.78 is 12.7. The molecule has 0 aliphatic carbocycles. The number of halogens is 1. The van der Waals surface area contributed by atoms with Crippen LogP contribution in [0, 0.1) is 6.92 Å². The molecule has 0 aliphatic heterocycles. The summed E-state index contributed by atoms with van der Waals surface area (Å²) in [6.07, 6.45) is 1.79. The van der Waals surface area contributed by atoms with Crippen LogP contribution in [0.15, 0.2) is 43.0 Å². The van der Waals surface area contributed by atoms with Crippen LogP contribution >= 0.6 is 11.6 Å². The Bertz CT molecular complexity index is 1120. The van der Waals surface area contributed by atoms with Crippen LogP contribution in [0.1, 0.15) is 41.4 Å². The third kappa shape index (κ3) is 3.90. The molecule has 2 aromatic carbocycles. The number of rotatable bonds is 7. The van der Waals surface area contributed by atoms with Gasteiger partial charge in [0.2, 0.25) is 0 Å². The highest BCUT2D eigenvalue weighted by molar-refractivity contribution is 6.32. The molecule has 1 heterocycles. The fraction of sp³-hybridized carbons (Fsp3) is 0.292. The number of aromatic nitrogens is 1. The molecule has 0 radical (unpaired) electrons. The minimum atomic E-state index is -0.237. The Labute approximate surface area is 182 Å². The van der Waals surface area contributed by atoms with Gasteiger partial charge in [0, 0.05) is 29.6 Å². The zero-order valence-electron chi connectivity index (χ0n) is 18.0. The van der Waals surface area contributed by atoms with E-state index >= 15 is 0 Å². The summed E-state index contributed by atoms with van der Waals surface area (Å²) in [5.41, 5.74) is 4.23. The Morgan fingerprint density at radius 1 is 1.20 bits per heavy atom. The van der Waals surface area contributed by atoms with Crippen LogP contribution in [0.3, 0.4) is 0 Å². The van der Waals surface area contributed by atoms with Crippen LogP contribution in [-0.4, -0.2) is 24.7 Å². The van der Waals surface area contributed by atoms with E-state index in [9.17, 15) is 4.79 Å². The number of anilines is 1. The highest BCUT2D eigenvalue weighted by Gasteiger charge is 2.22. The second-order valence-electron chi connectivity index (χ2n) is 7.45. The SMILES string of the molecule is C=CCn1c(C(=O)Nc2cc(OC)c(Cl)cc2OC)c(C)c2cc(C(C)C)ccc21. The topological polar surface area (TPSA) is 52.5 Å². The molecule has 0 saturated carbocycles. The van der Waals surface area contributed by atoms with Crippen molar-refractivity contribution in [2.45, 2.75) is 33.2 Å². The predicted molar refractivity (Wildman–Crippen MR) is 123 cm³/mol. The van der Waals surface area contributed by atoms with Crippen molar-refractivity contribution in [3.8, 4) is 11.5 Å². The lowest BCUT2D eigenvalue weighted by atomic mass is 10.0. The number of nitrogens with zero attached hydrogens (tertiary/aromatic N) is 1. The fourth-order valence-corrected chi connectivity index (χ4v) is 3.88. The molecule has 0 fully saturated rings. The number of carbonyl (C=O) groups excluding carboxylic acids is 1. The summed E-state index contributed by atoms with van der Waals surface area (Å²) in [5, 5.41) is 4.43. The molecule has 1 N–H and O–H groups in total. The van der Waals surface area contributed by atoms with Crippen LogP contribution in [-0.2, 0) is 6.54 Å². The maximum atomic E-state index is 13.4. The number of benzene rings is 2. The van der Waals surface area contributed by atoms with Gasteiger partial charge in [0.1, 0.15) is 17.2 Å². The monoisotopic (exact) mass is 426 g/mol. The van der Waals surface area contributed by atoms with Crippen LogP contribution in [0.4, 0.5) is 5.69 Å². The first kappa shape index (κ1) is 21.8. The van der Waals surface area contributed by atoms with E-state index < -0.39 is 0 Å². The Hall–Kier alpha value is -2.92. The standard InChI is InChI=1S/C24H27ClN2O3/c1-7-10-27-20-9-8-16(14(2)3)11-17(20)15(4)23(27)24(28)26-19-13-21(29-5)18(25)12-22(19)30-6/h7-9,11-14H,1,10H2,2-6H3,(H,26,28). The first-order valence-electron chi connectivity index (χ1n) is 9.78. The summed E-state index contributed by atoms with van der Waals surface area (Å²) in [6, 6.07) is 9.63. The van der Waals surface area contributed by atoms with Gasteiger partial charge in [-0.25, -0.2) is 0 Å². The minimum Gasteiger partial charge on any atom is -0.495 e. The number of methoxy groups -OCH3 is 2. The van der Waals surface area contributed by atoms with E-state index in [0.717, 1.165) is 16.5 Å². The maximum Gasteiger partial charge on any atom is 0.272 e. The smallest absolute Gasteiger partial charge is 0.272 e. The van der Waals surface area contributed by atoms with Crippen LogP contribution in [0.5, 0.6) is 11.5 Å². The molecule has 3 rings (SSSR count). The molecule has 1 aromatic heterocycles. The van der Waals surface area contributed by atoms with Crippen molar-refractivity contribution < 1.29 is 14.3 Å². The highest BCUT2D eigenvalue weighted by atomic mass is 35.5. The third-order valence-corrected chi connectivity index (χ3v) is 5.55. The van der Waals surface area contributed by atoms with E-state index in [1.54, 1.807) is 18.2 Å². The number of fused-ring (bicyclic) bond motifs is 1. The van der Waals surface area contributed by atoms with Crippen molar-refractivity contribution >= 4 is 34.1 Å². The third-order valence-electron chi connectivity index (χ3n) is 5.26. The molecule has 0 aliphatic rings. The molecule has 158 valence electrons. The van der Waals surface area contributed by atoms with Crippen molar-refractivity contribution in [2.24, 2.45) is 0 Å². The Morgan fingerprint density at radius 2 is 1.90 bits per heavy atom. The summed E-state index contributed by atoms with van der Waals surface area (Å²) >= 11 is 6.19. The normalized spacial score (nSPS) is 11.0. The molecule has 3 aromatic rings. The summed E-state index contributed by atoms with van der Waals surface area (Å²) in [7, 11) is 3.05. The Balaban J connectivity index is 2.12. The molecular weight excluding hydrogens is 400 g/mol. The first-order valence-corrected chi connectivity index (χ1v) is 10.2. The van der Waals surface area contributed by atoms with Gasteiger partial charge in [0.25, 0.3) is 5.91 Å². The van der Waals surface area contributed by atoms with Gasteiger partial charge in [-0.3, -0.25) is 4.79 Å². The van der Waals surface area contributed by atoms with Crippen LogP contribution in [0.2, 0.25) is 5.02 Å². The molecular formula is C24H27ClN2O3. The molecule has 0 bridgehead atoms. The molecule has 1 amide bonds. The average molecular weight is 427 g/mol. The second-order valence-corrected chi connectivity index (χ2v) is 7.85. The predicted octanol–water partition coefficient (Wildman–Crippen LogP) is 6.18. The van der Waals surface area contributed by atoms with Crippen molar-refractivity contribution in [3.05, 3.63) is 64.8 Å². The lowest BCUT2D eigenvalue weighted by Crippen LogP contribution is -2.18. The first-order chi connectivity index (χ1) is 14.3. The molecule has 0 unspecified atom stereocenters. The van der Waals surface area contributed by atoms with Gasteiger partial charge in [-0.15, -0.1) is 6.58 Å². The van der Waals surface area contributed by atoms with E-state index in [1.807, 2.05) is 11.5 Å². The largest absolute Gasteiger partial charge is 0.495 e. The molecule has 30 heavy (non-hydrogen) atoms. The van der Waals surface area contributed by atoms with E-state index in [-0.39, 0.29) is 5.91 Å². The number of aryl methyl sites for hydroxylation is 1. The van der Waals surface area contributed by atoms with Gasteiger partial charge in [0.15, 0.2) is 0 Å². The lowest BCUT2D eigenvalue weighted by molar-refractivity contribution is 0.101. The molecule has 0 spiro atoms. The van der Waals surface area contributed by atoms with Gasteiger partial charge >= 0.3 is 0 Å². The van der Waals surface area contributed by atoms with E-state index in [4.69, 9.17) is 21.1 Å². The van der Waals surface area contributed by atoms with Gasteiger partial charge in [-0.05, 0) is 36.1 Å². The van der Waals surface area contributed by atoms with Gasteiger partial charge in [-0.1, -0.05) is 37.6 Å². The number of carbonyl (C=O) groups is 1. The van der Waals surface area contributed by atoms with Crippen molar-refractivity contribution in [1.82, 2.24) is 4.57 Å². The van der Waals surface area contributed by atoms with E-state index in [0.29, 0.717) is 40.4 Å². The Morgan fingerprint density at radius 3 is 2.50 bits per heavy atom. The number of hydrogen-bond donors (Lipinski definition) is 1. The molecule has 5 nitrogen and oxygen atoms in total. The maximum absolute atomic E-state index is 13.4. The van der Waals surface area contributed by atoms with Crippen molar-refractivity contribution in [1.29, 1.82) is 0 Å². The molecule has 0 atom stereocenters.